The summed E-state index contributed by atoms with van der Waals surface area (Å²) in [6, 6.07) is 18.4. The molecule has 0 aliphatic heterocycles. The van der Waals surface area contributed by atoms with Gasteiger partial charge in [0.25, 0.3) is 0 Å². The molecular weight excluding hydrogens is 300 g/mol. The average molecular weight is 324 g/mol. The first-order chi connectivity index (χ1) is 11.6. The molecule has 5 nitrogen and oxygen atoms in total. The van der Waals surface area contributed by atoms with Crippen molar-refractivity contribution < 1.29 is 4.79 Å². The number of unbranched alkanes of at least 4 members (excludes halogenated alkanes) is 1. The fourth-order valence-electron chi connectivity index (χ4n) is 2.37. The Hall–Kier alpha value is -2.82. The summed E-state index contributed by atoms with van der Waals surface area (Å²) in [4.78, 5) is 11.8. The standard InChI is InChI=1S/C19H24N4O/c20-19(21)22-13-5-4-8-18(24)23-14-15-9-11-17(12-10-15)16-6-2-1-3-7-16/h1-3,6-7,9-12H,4-5,8,13-14H2,(H,23,24)(H4,20,21,22). The van der Waals surface area contributed by atoms with E-state index in [1.54, 1.807) is 0 Å². The van der Waals surface area contributed by atoms with Gasteiger partial charge in [0.2, 0.25) is 5.91 Å². The summed E-state index contributed by atoms with van der Waals surface area (Å²) < 4.78 is 0. The highest BCUT2D eigenvalue weighted by atomic mass is 16.1. The zero-order chi connectivity index (χ0) is 17.2. The van der Waals surface area contributed by atoms with Crippen molar-refractivity contribution in [3.8, 4) is 11.1 Å². The van der Waals surface area contributed by atoms with Crippen LogP contribution in [0.4, 0.5) is 0 Å². The van der Waals surface area contributed by atoms with Crippen molar-refractivity contribution in [3.63, 3.8) is 0 Å². The lowest BCUT2D eigenvalue weighted by Gasteiger charge is -2.07. The lowest BCUT2D eigenvalue weighted by atomic mass is 10.0. The van der Waals surface area contributed by atoms with Crippen LogP contribution in [0, 0.1) is 5.41 Å². The molecule has 2 aromatic rings. The Labute approximate surface area is 142 Å². The maximum atomic E-state index is 11.8. The smallest absolute Gasteiger partial charge is 0.220 e. The number of guanidine groups is 1. The third-order valence-electron chi connectivity index (χ3n) is 3.70. The summed E-state index contributed by atoms with van der Waals surface area (Å²) in [5.74, 6) is 0.0170. The number of nitrogens with two attached hydrogens (primary N) is 1. The maximum Gasteiger partial charge on any atom is 0.220 e. The molecule has 1 amide bonds. The van der Waals surface area contributed by atoms with Crippen molar-refractivity contribution in [2.24, 2.45) is 5.73 Å². The molecule has 5 N–H and O–H groups in total. The van der Waals surface area contributed by atoms with Crippen molar-refractivity contribution >= 4 is 11.9 Å². The van der Waals surface area contributed by atoms with Crippen molar-refractivity contribution in [2.75, 3.05) is 6.54 Å². The molecule has 0 heterocycles. The Kier molecular flexibility index (Phi) is 6.83. The van der Waals surface area contributed by atoms with Crippen LogP contribution in [-0.2, 0) is 11.3 Å². The summed E-state index contributed by atoms with van der Waals surface area (Å²) in [5, 5.41) is 12.7. The third-order valence-corrected chi connectivity index (χ3v) is 3.70. The third kappa shape index (κ3) is 6.12. The number of amides is 1. The van der Waals surface area contributed by atoms with Gasteiger partial charge >= 0.3 is 0 Å². The maximum absolute atomic E-state index is 11.8. The Bertz CT molecular complexity index is 653. The zero-order valence-electron chi connectivity index (χ0n) is 13.7. The van der Waals surface area contributed by atoms with E-state index >= 15 is 0 Å². The first kappa shape index (κ1) is 17.5. The first-order valence-corrected chi connectivity index (χ1v) is 8.14. The number of hydrogen-bond acceptors (Lipinski definition) is 2. The van der Waals surface area contributed by atoms with Crippen LogP contribution in [0.3, 0.4) is 0 Å². The van der Waals surface area contributed by atoms with Gasteiger partial charge in [-0.1, -0.05) is 54.6 Å². The number of carbonyl (C=O) groups is 1. The molecule has 0 spiro atoms. The molecule has 0 radical (unpaired) electrons. The van der Waals surface area contributed by atoms with E-state index in [9.17, 15) is 4.79 Å². The number of nitrogens with one attached hydrogen (secondary N) is 3. The van der Waals surface area contributed by atoms with E-state index in [0.717, 1.165) is 18.4 Å². The number of rotatable bonds is 8. The van der Waals surface area contributed by atoms with Gasteiger partial charge in [0, 0.05) is 19.5 Å². The van der Waals surface area contributed by atoms with Crippen LogP contribution in [0.1, 0.15) is 24.8 Å². The van der Waals surface area contributed by atoms with Crippen molar-refractivity contribution in [2.45, 2.75) is 25.8 Å². The van der Waals surface area contributed by atoms with Crippen LogP contribution in [-0.4, -0.2) is 18.4 Å². The van der Waals surface area contributed by atoms with E-state index in [1.165, 1.54) is 11.1 Å². The lowest BCUT2D eigenvalue weighted by molar-refractivity contribution is -0.121. The Balaban J connectivity index is 1.70. The molecule has 126 valence electrons. The molecule has 0 aromatic heterocycles. The predicted molar refractivity (Wildman–Crippen MR) is 97.5 cm³/mol. The van der Waals surface area contributed by atoms with Gasteiger partial charge in [-0.15, -0.1) is 0 Å². The highest BCUT2D eigenvalue weighted by Gasteiger charge is 2.02. The van der Waals surface area contributed by atoms with E-state index in [4.69, 9.17) is 11.1 Å². The first-order valence-electron chi connectivity index (χ1n) is 8.14. The summed E-state index contributed by atoms with van der Waals surface area (Å²) in [6.45, 7) is 1.17. The van der Waals surface area contributed by atoms with Gasteiger partial charge in [-0.3, -0.25) is 10.2 Å². The quantitative estimate of drug-likeness (QED) is 0.342. The van der Waals surface area contributed by atoms with Gasteiger partial charge in [0.1, 0.15) is 0 Å². The van der Waals surface area contributed by atoms with E-state index in [-0.39, 0.29) is 11.9 Å². The largest absolute Gasteiger partial charge is 0.370 e. The summed E-state index contributed by atoms with van der Waals surface area (Å²) >= 11 is 0. The van der Waals surface area contributed by atoms with Crippen LogP contribution in [0.2, 0.25) is 0 Å². The number of benzene rings is 2. The minimum absolute atomic E-state index is 0.0293. The molecule has 2 aromatic carbocycles. The Morgan fingerprint density at radius 1 is 0.917 bits per heavy atom. The minimum atomic E-state index is -0.0293. The molecule has 0 saturated carbocycles. The van der Waals surface area contributed by atoms with Crippen molar-refractivity contribution in [1.82, 2.24) is 10.6 Å². The van der Waals surface area contributed by atoms with Gasteiger partial charge < -0.3 is 16.4 Å². The van der Waals surface area contributed by atoms with E-state index < -0.39 is 0 Å². The second-order valence-corrected chi connectivity index (χ2v) is 5.64. The SMILES string of the molecule is N=C(N)NCCCCC(=O)NCc1ccc(-c2ccccc2)cc1. The summed E-state index contributed by atoms with van der Waals surface area (Å²) in [5.41, 5.74) is 8.63. The van der Waals surface area contributed by atoms with Gasteiger partial charge in [0.15, 0.2) is 5.96 Å². The number of hydrogen-bond donors (Lipinski definition) is 4. The topological polar surface area (TPSA) is 91.0 Å². The molecule has 0 fully saturated rings. The van der Waals surface area contributed by atoms with Gasteiger partial charge in [-0.05, 0) is 29.5 Å². The zero-order valence-corrected chi connectivity index (χ0v) is 13.7. The second-order valence-electron chi connectivity index (χ2n) is 5.64. The molecule has 0 aliphatic rings. The van der Waals surface area contributed by atoms with Gasteiger partial charge in [0.05, 0.1) is 0 Å². The molecule has 0 atom stereocenters. The summed E-state index contributed by atoms with van der Waals surface area (Å²) in [7, 11) is 0. The van der Waals surface area contributed by atoms with E-state index in [2.05, 4.69) is 34.9 Å². The Morgan fingerprint density at radius 2 is 1.58 bits per heavy atom. The molecular formula is C19H24N4O. The highest BCUT2D eigenvalue weighted by Crippen LogP contribution is 2.19. The predicted octanol–water partition coefficient (Wildman–Crippen LogP) is 2.62. The minimum Gasteiger partial charge on any atom is -0.370 e. The van der Waals surface area contributed by atoms with Crippen LogP contribution in [0.15, 0.2) is 54.6 Å². The van der Waals surface area contributed by atoms with E-state index in [0.29, 0.717) is 19.5 Å². The molecule has 0 saturated heterocycles. The second kappa shape index (κ2) is 9.35. The molecule has 0 unspecified atom stereocenters. The molecule has 2 rings (SSSR count). The van der Waals surface area contributed by atoms with Gasteiger partial charge in [-0.25, -0.2) is 0 Å². The van der Waals surface area contributed by atoms with E-state index in [1.807, 2.05) is 30.3 Å². The van der Waals surface area contributed by atoms with Crippen LogP contribution >= 0.6 is 0 Å². The normalized spacial score (nSPS) is 10.2. The van der Waals surface area contributed by atoms with Crippen LogP contribution in [0.5, 0.6) is 0 Å². The molecule has 0 aliphatic carbocycles. The van der Waals surface area contributed by atoms with Gasteiger partial charge in [-0.2, -0.15) is 0 Å². The van der Waals surface area contributed by atoms with Crippen molar-refractivity contribution in [3.05, 3.63) is 60.2 Å². The lowest BCUT2D eigenvalue weighted by Crippen LogP contribution is -2.31. The Morgan fingerprint density at radius 3 is 2.25 bits per heavy atom. The average Bonchev–Trinajstić information content (AvgIpc) is 2.60. The monoisotopic (exact) mass is 324 g/mol. The molecule has 0 bridgehead atoms. The highest BCUT2D eigenvalue weighted by molar-refractivity contribution is 5.76. The van der Waals surface area contributed by atoms with Crippen molar-refractivity contribution in [1.29, 1.82) is 5.41 Å². The molecule has 24 heavy (non-hydrogen) atoms. The fourth-order valence-corrected chi connectivity index (χ4v) is 2.37. The number of carbonyl (C=O) groups excluding carboxylic acids is 1. The molecule has 5 heteroatoms. The van der Waals surface area contributed by atoms with Crippen LogP contribution < -0.4 is 16.4 Å². The van der Waals surface area contributed by atoms with Crippen LogP contribution in [0.25, 0.3) is 11.1 Å². The fraction of sp³-hybridized carbons (Fsp3) is 0.263. The summed E-state index contributed by atoms with van der Waals surface area (Å²) in [6.07, 6.45) is 2.08.